The van der Waals surface area contributed by atoms with Gasteiger partial charge in [0.2, 0.25) is 0 Å². The third-order valence-corrected chi connectivity index (χ3v) is 0. The molecule has 0 saturated carbocycles. The van der Waals surface area contributed by atoms with E-state index in [-0.39, 0.29) is 118 Å². The van der Waals surface area contributed by atoms with E-state index < -0.39 is 24.6 Å². The Morgan fingerprint density at radius 2 is 0.667 bits per heavy atom. The first-order valence-corrected chi connectivity index (χ1v) is 2.29. The van der Waals surface area contributed by atoms with Gasteiger partial charge in [0.25, 0.3) is 0 Å². The Balaban J connectivity index is -0.00000000544. The summed E-state index contributed by atoms with van der Waals surface area (Å²) in [5, 5.41) is 0. The molecule has 52 valence electrons. The summed E-state index contributed by atoms with van der Waals surface area (Å²) in [7, 11) is 0. The molecule has 12 heavy (non-hydrogen) atoms. The predicted octanol–water partition coefficient (Wildman–Crippen LogP) is -12.2. The topological polar surface area (TPSA) is 109 Å². The molecule has 0 atom stereocenters. The largest absolute Gasteiger partial charge is 1.00 e. The van der Waals surface area contributed by atoms with Crippen LogP contribution in [0, 0.1) is 0 Å². The van der Waals surface area contributed by atoms with E-state index in [1.807, 2.05) is 6.79 Å². The smallest absolute Gasteiger partial charge is 0.811 e. The molecular weight excluding hydrogens is 248 g/mol. The maximum absolute atomic E-state index is 8.29. The Labute approximate surface area is 169 Å². The molecule has 0 N–H and O–H groups in total. The van der Waals surface area contributed by atoms with Crippen molar-refractivity contribution in [1.82, 2.24) is 0 Å². The second-order valence-electron chi connectivity index (χ2n) is 0.136. The van der Waals surface area contributed by atoms with E-state index in [4.69, 9.17) is 23.0 Å². The normalized spacial score (nSPS) is 3.33. The molecule has 0 bridgehead atoms. The second-order valence-corrected chi connectivity index (χ2v) is 0.408. The van der Waals surface area contributed by atoms with E-state index in [0.717, 1.165) is 0 Å². The number of hydrogen-bond acceptors (Lipinski definition) is 7. The van der Waals surface area contributed by atoms with Crippen LogP contribution in [0.1, 0.15) is 0 Å². The minimum absolute atomic E-state index is 0. The van der Waals surface area contributed by atoms with Crippen molar-refractivity contribution in [3.63, 3.8) is 0 Å². The van der Waals surface area contributed by atoms with E-state index in [2.05, 4.69) is 0 Å². The zero-order chi connectivity index (χ0) is 7.41. The fraction of sp³-hybridized carbons (Fsp3) is 0. The van der Waals surface area contributed by atoms with Crippen LogP contribution >= 0.6 is 24.6 Å². The predicted molar refractivity (Wildman–Crippen MR) is 25.4 cm³/mol. The Kier molecular flexibility index (Phi) is 293. The van der Waals surface area contributed by atoms with E-state index in [1.54, 1.807) is 0 Å². The van der Waals surface area contributed by atoms with Gasteiger partial charge in [0.1, 0.15) is 6.79 Å². The van der Waals surface area contributed by atoms with Crippen LogP contribution in [0.2, 0.25) is 0 Å². The van der Waals surface area contributed by atoms with Gasteiger partial charge >= 0.3 is 118 Å². The van der Waals surface area contributed by atoms with E-state index in [0.29, 0.717) is 0 Å². The fourth-order valence-corrected chi connectivity index (χ4v) is 0. The molecule has 0 rings (SSSR count). The average molecular weight is 250 g/mol. The van der Waals surface area contributed by atoms with Crippen molar-refractivity contribution in [1.29, 1.82) is 0 Å². The van der Waals surface area contributed by atoms with Crippen molar-refractivity contribution >= 4 is 31.4 Å². The molecule has 5 nitrogen and oxygen atoms in total. The van der Waals surface area contributed by atoms with Crippen LogP contribution < -0.4 is 118 Å². The Hall–Kier alpha value is 4.21. The molecule has 0 unspecified atom stereocenters. The maximum atomic E-state index is 8.29. The quantitative estimate of drug-likeness (QED) is 0.310. The summed E-state index contributed by atoms with van der Waals surface area (Å²) in [6.07, 6.45) is 0. The van der Waals surface area contributed by atoms with E-state index >= 15 is 0 Å². The van der Waals surface area contributed by atoms with Crippen molar-refractivity contribution in [3.8, 4) is 0 Å². The third kappa shape index (κ3) is 140. The fourth-order valence-electron chi connectivity index (χ4n) is 0. The van der Waals surface area contributed by atoms with Crippen molar-refractivity contribution in [2.45, 2.75) is 0 Å². The summed E-state index contributed by atoms with van der Waals surface area (Å²) in [5.41, 5.74) is 0. The van der Waals surface area contributed by atoms with Crippen LogP contribution in [0.5, 0.6) is 0 Å². The van der Waals surface area contributed by atoms with E-state index in [1.165, 1.54) is 0 Å². The summed E-state index contributed by atoms with van der Waals surface area (Å²) in [6.45, 7) is 2.00. The number of carbonyl (C=O) groups excluding carboxylic acids is 1. The molecule has 0 fully saturated rings. The van der Waals surface area contributed by atoms with Crippen molar-refractivity contribution in [3.05, 3.63) is 0 Å². The molecule has 0 aliphatic carbocycles. The van der Waals surface area contributed by atoms with Gasteiger partial charge in [-0.05, 0) is 0 Å². The first kappa shape index (κ1) is 44.2. The van der Waals surface area contributed by atoms with Gasteiger partial charge in [-0.25, -0.2) is 0 Å². The first-order valence-electron chi connectivity index (χ1n) is 0.955. The Morgan fingerprint density at radius 1 is 0.667 bits per heavy atom. The molecule has 0 aliphatic rings. The zero-order valence-corrected chi connectivity index (χ0v) is 17.2. The van der Waals surface area contributed by atoms with Crippen LogP contribution in [-0.4, -0.2) is 25.0 Å². The van der Waals surface area contributed by atoms with Crippen molar-refractivity contribution in [2.24, 2.45) is 0 Å². The van der Waals surface area contributed by atoms with Crippen LogP contribution in [0.25, 0.3) is 0 Å². The standard InChI is InChI=1S/CH2O.4Na.2H2O2S/c1-2;;;;;2*1-3-2/h1H2;;;;;2*1-2H/q;4*+1;;/p-4. The van der Waals surface area contributed by atoms with Crippen molar-refractivity contribution < 1.29 is 141 Å². The monoisotopic (exact) mass is 250 g/mol. The summed E-state index contributed by atoms with van der Waals surface area (Å²) in [4.78, 5) is 8.00. The molecule has 0 amide bonds. The summed E-state index contributed by atoms with van der Waals surface area (Å²) >= 11 is -1.50. The van der Waals surface area contributed by atoms with Gasteiger partial charge in [-0.3, -0.25) is 0 Å². The van der Waals surface area contributed by atoms with E-state index in [9.17, 15) is 0 Å². The summed E-state index contributed by atoms with van der Waals surface area (Å²) in [5.74, 6) is 0. The summed E-state index contributed by atoms with van der Waals surface area (Å²) in [6, 6.07) is 0. The molecule has 0 heterocycles. The van der Waals surface area contributed by atoms with Crippen LogP contribution in [0.3, 0.4) is 0 Å². The number of rotatable bonds is 0. The van der Waals surface area contributed by atoms with Gasteiger partial charge in [0.15, 0.2) is 0 Å². The van der Waals surface area contributed by atoms with Gasteiger partial charge in [-0.1, -0.05) is 0 Å². The summed E-state index contributed by atoms with van der Waals surface area (Å²) < 4.78 is 33.2. The zero-order valence-electron chi connectivity index (χ0n) is 7.56. The third-order valence-electron chi connectivity index (χ3n) is 0. The first-order chi connectivity index (χ1) is 3.83. The van der Waals surface area contributed by atoms with Crippen LogP contribution in [-0.2, 0) is 4.79 Å². The molecule has 0 aromatic carbocycles. The van der Waals surface area contributed by atoms with Crippen molar-refractivity contribution in [2.75, 3.05) is 0 Å². The minimum Gasteiger partial charge on any atom is -0.811 e. The molecular formula is CH2Na4O5S2. The molecule has 11 heteroatoms. The van der Waals surface area contributed by atoms with Gasteiger partial charge in [0, 0.05) is 0 Å². The molecule has 0 spiro atoms. The molecule has 0 radical (unpaired) electrons. The number of carbonyl (C=O) groups is 1. The van der Waals surface area contributed by atoms with Gasteiger partial charge in [-0.2, -0.15) is 0 Å². The molecule has 0 aliphatic heterocycles. The molecule has 0 aromatic rings. The van der Waals surface area contributed by atoms with Gasteiger partial charge < -0.3 is 47.7 Å². The Bertz CT molecular complexity index is 28.9. The maximum Gasteiger partial charge on any atom is 1.00 e. The van der Waals surface area contributed by atoms with Gasteiger partial charge in [-0.15, -0.1) is 0 Å². The minimum atomic E-state index is -0.750. The molecule has 0 saturated heterocycles. The average Bonchev–Trinajstić information content (AvgIpc) is 1.75. The molecule has 0 aromatic heterocycles. The SMILES string of the molecule is C=O.[Na+].[Na+].[Na+].[Na+].[O-]S[O-].[O-]S[O-]. The second kappa shape index (κ2) is 79.6. The Morgan fingerprint density at radius 3 is 0.667 bits per heavy atom. The number of hydrogen-bond donors (Lipinski definition) is 0. The van der Waals surface area contributed by atoms with Gasteiger partial charge in [0.05, 0.1) is 0 Å². The van der Waals surface area contributed by atoms with Crippen LogP contribution in [0.4, 0.5) is 0 Å². The van der Waals surface area contributed by atoms with Crippen LogP contribution in [0.15, 0.2) is 0 Å².